The summed E-state index contributed by atoms with van der Waals surface area (Å²) in [6, 6.07) is 1.38. The molecule has 3 saturated carbocycles. The zero-order valence-electron chi connectivity index (χ0n) is 13.8. The van der Waals surface area contributed by atoms with E-state index in [1.54, 1.807) is 0 Å². The van der Waals surface area contributed by atoms with Gasteiger partial charge in [-0.15, -0.1) is 0 Å². The zero-order valence-corrected chi connectivity index (χ0v) is 14.6. The third kappa shape index (κ3) is 2.75. The summed E-state index contributed by atoms with van der Waals surface area (Å²) in [6.45, 7) is 6.69. The highest BCUT2D eigenvalue weighted by molar-refractivity contribution is 7.90. The molecule has 3 aliphatic rings. The van der Waals surface area contributed by atoms with Crippen LogP contribution in [0.1, 0.15) is 44.1 Å². The fourth-order valence-corrected chi connectivity index (χ4v) is 4.61. The lowest BCUT2D eigenvalue weighted by Gasteiger charge is -2.61. The minimum absolute atomic E-state index is 0.00821. The molecular weight excluding hydrogens is 316 g/mol. The molecule has 126 valence electrons. The SMILES string of the molecule is C[C@@H]1[C@@H](OC(=O)c2ccnc(S(C)(=O)=O)n2)C[C@H]2C[C@H]1C2(C)C. The number of hydrogen-bond acceptors (Lipinski definition) is 6. The van der Waals surface area contributed by atoms with E-state index in [4.69, 9.17) is 4.74 Å². The third-order valence-electron chi connectivity index (χ3n) is 5.72. The lowest BCUT2D eigenvalue weighted by Crippen LogP contribution is -2.57. The summed E-state index contributed by atoms with van der Waals surface area (Å²) < 4.78 is 28.6. The quantitative estimate of drug-likeness (QED) is 0.620. The van der Waals surface area contributed by atoms with Crippen LogP contribution in [0.4, 0.5) is 0 Å². The van der Waals surface area contributed by atoms with Gasteiger partial charge in [0.15, 0.2) is 5.69 Å². The molecule has 0 spiro atoms. The number of ether oxygens (including phenoxy) is 1. The molecule has 0 saturated heterocycles. The highest BCUT2D eigenvalue weighted by atomic mass is 32.2. The minimum atomic E-state index is -3.55. The first-order valence-electron chi connectivity index (χ1n) is 7.85. The number of carbonyl (C=O) groups is 1. The Hall–Kier alpha value is -1.50. The third-order valence-corrected chi connectivity index (χ3v) is 6.58. The van der Waals surface area contributed by atoms with E-state index in [0.29, 0.717) is 23.2 Å². The second kappa shape index (κ2) is 5.26. The molecule has 6 nitrogen and oxygen atoms in total. The van der Waals surface area contributed by atoms with Gasteiger partial charge in [0, 0.05) is 12.5 Å². The average Bonchev–Trinajstić information content (AvgIpc) is 2.48. The van der Waals surface area contributed by atoms with Crippen molar-refractivity contribution in [3.8, 4) is 0 Å². The van der Waals surface area contributed by atoms with Gasteiger partial charge in [0.1, 0.15) is 6.10 Å². The monoisotopic (exact) mass is 338 g/mol. The van der Waals surface area contributed by atoms with Gasteiger partial charge in [0.2, 0.25) is 15.0 Å². The number of aromatic nitrogens is 2. The summed E-state index contributed by atoms with van der Waals surface area (Å²) >= 11 is 0. The fourth-order valence-electron chi connectivity index (χ4n) is 4.09. The molecule has 0 amide bonds. The van der Waals surface area contributed by atoms with Crippen molar-refractivity contribution in [2.24, 2.45) is 23.2 Å². The summed E-state index contributed by atoms with van der Waals surface area (Å²) in [7, 11) is -3.55. The van der Waals surface area contributed by atoms with Gasteiger partial charge in [-0.2, -0.15) is 0 Å². The Balaban J connectivity index is 1.74. The van der Waals surface area contributed by atoms with Crippen molar-refractivity contribution in [2.75, 3.05) is 6.26 Å². The molecule has 4 atom stereocenters. The van der Waals surface area contributed by atoms with Crippen molar-refractivity contribution >= 4 is 15.8 Å². The molecule has 1 aromatic heterocycles. The van der Waals surface area contributed by atoms with E-state index in [-0.39, 0.29) is 17.0 Å². The van der Waals surface area contributed by atoms with Gasteiger partial charge in [0.05, 0.1) is 0 Å². The van der Waals surface area contributed by atoms with Crippen LogP contribution in [-0.2, 0) is 14.6 Å². The first-order chi connectivity index (χ1) is 10.6. The molecule has 3 fully saturated rings. The van der Waals surface area contributed by atoms with Crippen molar-refractivity contribution in [1.82, 2.24) is 9.97 Å². The Kier molecular flexibility index (Phi) is 3.74. The van der Waals surface area contributed by atoms with Crippen LogP contribution in [0, 0.1) is 23.2 Å². The van der Waals surface area contributed by atoms with Gasteiger partial charge in [-0.3, -0.25) is 0 Å². The Morgan fingerprint density at radius 2 is 2.04 bits per heavy atom. The van der Waals surface area contributed by atoms with Crippen LogP contribution in [0.3, 0.4) is 0 Å². The molecule has 1 aromatic rings. The van der Waals surface area contributed by atoms with Gasteiger partial charge in [-0.1, -0.05) is 20.8 Å². The van der Waals surface area contributed by atoms with Crippen LogP contribution in [-0.4, -0.2) is 36.7 Å². The van der Waals surface area contributed by atoms with E-state index in [9.17, 15) is 13.2 Å². The van der Waals surface area contributed by atoms with Crippen LogP contribution < -0.4 is 0 Å². The van der Waals surface area contributed by atoms with E-state index in [1.165, 1.54) is 18.7 Å². The Morgan fingerprint density at radius 3 is 2.61 bits per heavy atom. The number of rotatable bonds is 3. The zero-order chi connectivity index (χ0) is 17.0. The predicted octanol–water partition coefficient (Wildman–Crippen LogP) is 2.11. The maximum absolute atomic E-state index is 12.3. The first kappa shape index (κ1) is 16.4. The molecule has 23 heavy (non-hydrogen) atoms. The summed E-state index contributed by atoms with van der Waals surface area (Å²) in [5.41, 5.74) is 0.312. The van der Waals surface area contributed by atoms with Crippen LogP contribution in [0.25, 0.3) is 0 Å². The van der Waals surface area contributed by atoms with Crippen molar-refractivity contribution in [3.63, 3.8) is 0 Å². The molecule has 1 heterocycles. The van der Waals surface area contributed by atoms with E-state index in [1.807, 2.05) is 0 Å². The summed E-state index contributed by atoms with van der Waals surface area (Å²) in [5, 5.41) is -0.354. The molecule has 2 bridgehead atoms. The number of sulfone groups is 1. The van der Waals surface area contributed by atoms with Crippen molar-refractivity contribution < 1.29 is 17.9 Å². The smallest absolute Gasteiger partial charge is 0.357 e. The Morgan fingerprint density at radius 1 is 1.35 bits per heavy atom. The van der Waals surface area contributed by atoms with Crippen molar-refractivity contribution in [1.29, 1.82) is 0 Å². The number of carbonyl (C=O) groups excluding carboxylic acids is 1. The maximum atomic E-state index is 12.3. The van der Waals surface area contributed by atoms with Crippen LogP contribution in [0.2, 0.25) is 0 Å². The fraction of sp³-hybridized carbons (Fsp3) is 0.688. The number of fused-ring (bicyclic) bond motifs is 2. The minimum Gasteiger partial charge on any atom is -0.457 e. The highest BCUT2D eigenvalue weighted by Gasteiger charge is 2.57. The van der Waals surface area contributed by atoms with Crippen molar-refractivity contribution in [3.05, 3.63) is 18.0 Å². The van der Waals surface area contributed by atoms with Gasteiger partial charge < -0.3 is 4.74 Å². The molecule has 0 radical (unpaired) electrons. The van der Waals surface area contributed by atoms with E-state index in [0.717, 1.165) is 12.7 Å². The second-order valence-electron chi connectivity index (χ2n) is 7.40. The standard InChI is InChI=1S/C16H22N2O4S/c1-9-11-7-10(16(11,2)3)8-13(9)22-14(19)12-5-6-17-15(18-12)23(4,20)21/h5-6,9-11,13H,7-8H2,1-4H3/t9-,10+,11+,13-/m0/s1. The van der Waals surface area contributed by atoms with Gasteiger partial charge in [-0.05, 0) is 42.1 Å². The van der Waals surface area contributed by atoms with Gasteiger partial charge in [-0.25, -0.2) is 23.2 Å². The summed E-state index contributed by atoms with van der Waals surface area (Å²) in [6.07, 6.45) is 4.21. The number of esters is 1. The van der Waals surface area contributed by atoms with E-state index < -0.39 is 15.8 Å². The first-order valence-corrected chi connectivity index (χ1v) is 9.74. The van der Waals surface area contributed by atoms with Crippen LogP contribution in [0.5, 0.6) is 0 Å². The van der Waals surface area contributed by atoms with Gasteiger partial charge in [0.25, 0.3) is 0 Å². The second-order valence-corrected chi connectivity index (χ2v) is 9.31. The Labute approximate surface area is 136 Å². The summed E-state index contributed by atoms with van der Waals surface area (Å²) in [4.78, 5) is 19.8. The highest BCUT2D eigenvalue weighted by Crippen LogP contribution is 2.61. The lowest BCUT2D eigenvalue weighted by atomic mass is 9.45. The topological polar surface area (TPSA) is 86.2 Å². The lowest BCUT2D eigenvalue weighted by molar-refractivity contribution is -0.156. The van der Waals surface area contributed by atoms with E-state index in [2.05, 4.69) is 30.7 Å². The molecule has 3 aliphatic carbocycles. The van der Waals surface area contributed by atoms with Crippen molar-refractivity contribution in [2.45, 2.75) is 44.9 Å². The molecule has 0 aromatic carbocycles. The predicted molar refractivity (Wildman–Crippen MR) is 83.5 cm³/mol. The molecular formula is C16H22N2O4S. The summed E-state index contributed by atoms with van der Waals surface area (Å²) in [5.74, 6) is 0.873. The largest absolute Gasteiger partial charge is 0.457 e. The maximum Gasteiger partial charge on any atom is 0.357 e. The molecule has 4 rings (SSSR count). The normalized spacial score (nSPS) is 32.0. The molecule has 0 aliphatic heterocycles. The van der Waals surface area contributed by atoms with E-state index >= 15 is 0 Å². The molecule has 7 heteroatoms. The van der Waals surface area contributed by atoms with Crippen LogP contribution in [0.15, 0.2) is 17.4 Å². The molecule has 0 N–H and O–H groups in total. The van der Waals surface area contributed by atoms with Crippen LogP contribution >= 0.6 is 0 Å². The Bertz CT molecular complexity index is 744. The average molecular weight is 338 g/mol. The number of hydrogen-bond donors (Lipinski definition) is 0. The number of nitrogens with zero attached hydrogens (tertiary/aromatic N) is 2. The van der Waals surface area contributed by atoms with Gasteiger partial charge >= 0.3 is 5.97 Å². The molecule has 0 unspecified atom stereocenters.